The number of amides is 1. The second kappa shape index (κ2) is 5.30. The van der Waals surface area contributed by atoms with Crippen molar-refractivity contribution in [1.29, 1.82) is 0 Å². The van der Waals surface area contributed by atoms with Crippen LogP contribution >= 0.6 is 0 Å². The van der Waals surface area contributed by atoms with E-state index < -0.39 is 10.8 Å². The molecule has 7 nitrogen and oxygen atoms in total. The molecular formula is C12H12N4O3. The largest absolute Gasteiger partial charge is 0.369 e. The van der Waals surface area contributed by atoms with Crippen molar-refractivity contribution >= 4 is 11.6 Å². The summed E-state index contributed by atoms with van der Waals surface area (Å²) in [7, 11) is 0. The van der Waals surface area contributed by atoms with E-state index >= 15 is 0 Å². The number of hydrogen-bond donors (Lipinski definition) is 1. The number of nitrogens with two attached hydrogens (primary N) is 1. The molecule has 2 N–H and O–H groups in total. The normalized spacial score (nSPS) is 10.3. The van der Waals surface area contributed by atoms with E-state index in [0.29, 0.717) is 17.7 Å². The van der Waals surface area contributed by atoms with Crippen LogP contribution < -0.4 is 5.73 Å². The predicted octanol–water partition coefficient (Wildman–Crippen LogP) is 0.867. The standard InChI is InChI=1S/C12H12N4O3/c13-11(17)6-9-2-1-3-10(12(9)16(18)19)7-15-5-4-14-8-15/h1-5,8H,6-7H2,(H2,13,17). The fraction of sp³-hybridized carbons (Fsp3) is 0.167. The van der Waals surface area contributed by atoms with Gasteiger partial charge in [-0.2, -0.15) is 0 Å². The molecule has 2 aromatic rings. The van der Waals surface area contributed by atoms with Crippen LogP contribution in [0.4, 0.5) is 5.69 Å². The lowest BCUT2D eigenvalue weighted by Gasteiger charge is -2.07. The number of primary amides is 1. The van der Waals surface area contributed by atoms with Gasteiger partial charge in [-0.05, 0) is 0 Å². The molecule has 0 saturated heterocycles. The minimum Gasteiger partial charge on any atom is -0.369 e. The van der Waals surface area contributed by atoms with E-state index in [-0.39, 0.29) is 12.1 Å². The van der Waals surface area contributed by atoms with Gasteiger partial charge in [0.15, 0.2) is 0 Å². The molecule has 98 valence electrons. The first-order valence-corrected chi connectivity index (χ1v) is 5.57. The summed E-state index contributed by atoms with van der Waals surface area (Å²) in [5.41, 5.74) is 5.89. The number of benzene rings is 1. The van der Waals surface area contributed by atoms with Gasteiger partial charge in [0, 0.05) is 23.5 Å². The summed E-state index contributed by atoms with van der Waals surface area (Å²) in [4.78, 5) is 25.5. The number of carbonyl (C=O) groups excluding carboxylic acids is 1. The minimum atomic E-state index is -0.595. The minimum absolute atomic E-state index is 0.0602. The highest BCUT2D eigenvalue weighted by molar-refractivity contribution is 5.78. The lowest BCUT2D eigenvalue weighted by atomic mass is 10.0. The summed E-state index contributed by atoms with van der Waals surface area (Å²) in [6.07, 6.45) is 4.74. The molecule has 0 radical (unpaired) electrons. The SMILES string of the molecule is NC(=O)Cc1cccc(Cn2ccnc2)c1[N+](=O)[O-]. The van der Waals surface area contributed by atoms with Gasteiger partial charge in [0.25, 0.3) is 5.69 Å². The molecule has 0 saturated carbocycles. The van der Waals surface area contributed by atoms with Crippen molar-refractivity contribution in [3.05, 3.63) is 58.2 Å². The molecule has 0 fully saturated rings. The molecule has 1 heterocycles. The van der Waals surface area contributed by atoms with Crippen molar-refractivity contribution in [1.82, 2.24) is 9.55 Å². The zero-order valence-electron chi connectivity index (χ0n) is 10.0. The number of nitro groups is 1. The number of para-hydroxylation sites is 1. The molecule has 0 aliphatic heterocycles. The average Bonchev–Trinajstić information content (AvgIpc) is 2.80. The van der Waals surface area contributed by atoms with Crippen LogP contribution in [0.1, 0.15) is 11.1 Å². The molecule has 19 heavy (non-hydrogen) atoms. The Morgan fingerprint density at radius 2 is 2.16 bits per heavy atom. The summed E-state index contributed by atoms with van der Waals surface area (Å²) in [5, 5.41) is 11.2. The number of carbonyl (C=O) groups is 1. The summed E-state index contributed by atoms with van der Waals surface area (Å²) >= 11 is 0. The van der Waals surface area contributed by atoms with Gasteiger partial charge in [-0.25, -0.2) is 4.98 Å². The van der Waals surface area contributed by atoms with Crippen LogP contribution in [0.2, 0.25) is 0 Å². The Kier molecular flexibility index (Phi) is 3.56. The lowest BCUT2D eigenvalue weighted by molar-refractivity contribution is -0.386. The van der Waals surface area contributed by atoms with Gasteiger partial charge in [-0.15, -0.1) is 0 Å². The molecular weight excluding hydrogens is 248 g/mol. The van der Waals surface area contributed by atoms with Gasteiger partial charge >= 0.3 is 0 Å². The highest BCUT2D eigenvalue weighted by Gasteiger charge is 2.20. The lowest BCUT2D eigenvalue weighted by Crippen LogP contribution is -2.15. The Labute approximate surface area is 108 Å². The van der Waals surface area contributed by atoms with Gasteiger partial charge in [0.1, 0.15) is 0 Å². The number of imidazole rings is 1. The van der Waals surface area contributed by atoms with E-state index in [1.165, 1.54) is 0 Å². The van der Waals surface area contributed by atoms with Crippen molar-refractivity contribution in [2.24, 2.45) is 5.73 Å². The third kappa shape index (κ3) is 2.95. The Balaban J connectivity index is 2.42. The fourth-order valence-electron chi connectivity index (χ4n) is 1.91. The number of nitro benzene ring substituents is 1. The van der Waals surface area contributed by atoms with E-state index in [1.807, 2.05) is 0 Å². The molecule has 1 aromatic heterocycles. The third-order valence-electron chi connectivity index (χ3n) is 2.66. The van der Waals surface area contributed by atoms with Crippen LogP contribution in [0.5, 0.6) is 0 Å². The molecule has 7 heteroatoms. The Hall–Kier alpha value is -2.70. The summed E-state index contributed by atoms with van der Waals surface area (Å²) < 4.78 is 1.72. The molecule has 0 atom stereocenters. The topological polar surface area (TPSA) is 104 Å². The van der Waals surface area contributed by atoms with Gasteiger partial charge in [0.05, 0.1) is 24.2 Å². The molecule has 1 amide bonds. The van der Waals surface area contributed by atoms with Crippen molar-refractivity contribution in [3.63, 3.8) is 0 Å². The maximum absolute atomic E-state index is 11.2. The molecule has 2 rings (SSSR count). The number of nitrogens with zero attached hydrogens (tertiary/aromatic N) is 3. The first-order chi connectivity index (χ1) is 9.08. The molecule has 0 unspecified atom stereocenters. The van der Waals surface area contributed by atoms with Crippen LogP contribution in [0.3, 0.4) is 0 Å². The smallest absolute Gasteiger partial charge is 0.278 e. The maximum atomic E-state index is 11.2. The number of hydrogen-bond acceptors (Lipinski definition) is 4. The second-order valence-electron chi connectivity index (χ2n) is 4.06. The zero-order valence-corrected chi connectivity index (χ0v) is 10.0. The average molecular weight is 260 g/mol. The summed E-state index contributed by atoms with van der Waals surface area (Å²) in [5.74, 6) is -0.595. The first kappa shape index (κ1) is 12.7. The van der Waals surface area contributed by atoms with Gasteiger partial charge < -0.3 is 10.3 Å². The highest BCUT2D eigenvalue weighted by atomic mass is 16.6. The van der Waals surface area contributed by atoms with E-state index in [9.17, 15) is 14.9 Å². The second-order valence-corrected chi connectivity index (χ2v) is 4.06. The quantitative estimate of drug-likeness (QED) is 0.636. The van der Waals surface area contributed by atoms with Crippen LogP contribution in [0, 0.1) is 10.1 Å². The Bertz CT molecular complexity index is 607. The summed E-state index contributed by atoms with van der Waals surface area (Å²) in [6, 6.07) is 4.88. The molecule has 0 aliphatic rings. The fourth-order valence-corrected chi connectivity index (χ4v) is 1.91. The first-order valence-electron chi connectivity index (χ1n) is 5.57. The Morgan fingerprint density at radius 1 is 1.42 bits per heavy atom. The number of aromatic nitrogens is 2. The van der Waals surface area contributed by atoms with Crippen LogP contribution in [-0.4, -0.2) is 20.4 Å². The highest BCUT2D eigenvalue weighted by Crippen LogP contribution is 2.25. The van der Waals surface area contributed by atoms with Gasteiger partial charge in [-0.3, -0.25) is 14.9 Å². The maximum Gasteiger partial charge on any atom is 0.278 e. The Morgan fingerprint density at radius 3 is 2.74 bits per heavy atom. The third-order valence-corrected chi connectivity index (χ3v) is 2.66. The van der Waals surface area contributed by atoms with Crippen molar-refractivity contribution in [2.45, 2.75) is 13.0 Å². The van der Waals surface area contributed by atoms with Crippen LogP contribution in [-0.2, 0) is 17.8 Å². The van der Waals surface area contributed by atoms with E-state index in [0.717, 1.165) is 0 Å². The van der Waals surface area contributed by atoms with E-state index in [2.05, 4.69) is 4.98 Å². The monoisotopic (exact) mass is 260 g/mol. The van der Waals surface area contributed by atoms with Gasteiger partial charge in [0.2, 0.25) is 5.91 Å². The van der Waals surface area contributed by atoms with E-state index in [4.69, 9.17) is 5.73 Å². The van der Waals surface area contributed by atoms with Crippen LogP contribution in [0.15, 0.2) is 36.9 Å². The van der Waals surface area contributed by atoms with Crippen molar-refractivity contribution in [3.8, 4) is 0 Å². The summed E-state index contributed by atoms with van der Waals surface area (Å²) in [6.45, 7) is 0.322. The van der Waals surface area contributed by atoms with E-state index in [1.54, 1.807) is 41.5 Å². The molecule has 1 aromatic carbocycles. The van der Waals surface area contributed by atoms with Crippen molar-refractivity contribution in [2.75, 3.05) is 0 Å². The van der Waals surface area contributed by atoms with Crippen molar-refractivity contribution < 1.29 is 9.72 Å². The van der Waals surface area contributed by atoms with Gasteiger partial charge in [-0.1, -0.05) is 18.2 Å². The molecule has 0 spiro atoms. The number of rotatable bonds is 5. The molecule has 0 bridgehead atoms. The molecule has 0 aliphatic carbocycles. The van der Waals surface area contributed by atoms with Crippen LogP contribution in [0.25, 0.3) is 0 Å². The predicted molar refractivity (Wildman–Crippen MR) is 67.3 cm³/mol. The zero-order chi connectivity index (χ0) is 13.8.